The van der Waals surface area contributed by atoms with Crippen LogP contribution in [0.5, 0.6) is 5.75 Å². The van der Waals surface area contributed by atoms with E-state index in [0.717, 1.165) is 18.4 Å². The van der Waals surface area contributed by atoms with E-state index in [4.69, 9.17) is 0 Å². The van der Waals surface area contributed by atoms with Crippen LogP contribution in [0.25, 0.3) is 33.0 Å². The second-order valence-electron chi connectivity index (χ2n) is 8.75. The summed E-state index contributed by atoms with van der Waals surface area (Å²) >= 11 is 0. The van der Waals surface area contributed by atoms with E-state index >= 15 is 0 Å². The standard InChI is InChI=1S/C31H24O/c1-20-28(22-13-15-25(32)16-14-22)19-31-27-12-5-3-8-24(27)18-30(31)29(20)17-23-10-6-9-21-7-2-4-11-26(21)23/h2-16,19,32H,17-18H2,1H3. The molecular weight excluding hydrogens is 388 g/mol. The molecule has 154 valence electrons. The van der Waals surface area contributed by atoms with E-state index in [1.54, 1.807) is 12.1 Å². The number of phenolic OH excluding ortho intramolecular Hbond substituents is 1. The number of benzene rings is 5. The van der Waals surface area contributed by atoms with Crippen molar-refractivity contribution in [2.75, 3.05) is 0 Å². The first-order valence-electron chi connectivity index (χ1n) is 11.2. The lowest BCUT2D eigenvalue weighted by atomic mass is 9.85. The minimum Gasteiger partial charge on any atom is -0.508 e. The molecule has 1 heteroatoms. The Balaban J connectivity index is 1.59. The molecule has 32 heavy (non-hydrogen) atoms. The SMILES string of the molecule is Cc1c(-c2ccc(O)cc2)cc2c(c1Cc1cccc3ccccc13)Cc1ccccc1-2. The van der Waals surface area contributed by atoms with E-state index in [1.807, 2.05) is 12.1 Å². The highest BCUT2D eigenvalue weighted by Gasteiger charge is 2.24. The maximum atomic E-state index is 9.81. The Morgan fingerprint density at radius 1 is 0.719 bits per heavy atom. The maximum Gasteiger partial charge on any atom is 0.115 e. The predicted molar refractivity (Wildman–Crippen MR) is 133 cm³/mol. The molecule has 1 N–H and O–H groups in total. The van der Waals surface area contributed by atoms with Gasteiger partial charge in [-0.1, -0.05) is 78.9 Å². The van der Waals surface area contributed by atoms with Crippen LogP contribution in [0.15, 0.2) is 97.1 Å². The quantitative estimate of drug-likeness (QED) is 0.316. The van der Waals surface area contributed by atoms with Gasteiger partial charge in [-0.05, 0) is 98.8 Å². The molecule has 0 atom stereocenters. The molecule has 0 bridgehead atoms. The normalized spacial score (nSPS) is 12.0. The van der Waals surface area contributed by atoms with Crippen LogP contribution in [-0.4, -0.2) is 5.11 Å². The lowest BCUT2D eigenvalue weighted by Gasteiger charge is -2.19. The van der Waals surface area contributed by atoms with Gasteiger partial charge in [0.15, 0.2) is 0 Å². The zero-order valence-electron chi connectivity index (χ0n) is 18.1. The van der Waals surface area contributed by atoms with E-state index < -0.39 is 0 Å². The van der Waals surface area contributed by atoms with Gasteiger partial charge in [-0.15, -0.1) is 0 Å². The molecule has 0 heterocycles. The van der Waals surface area contributed by atoms with Crippen LogP contribution in [-0.2, 0) is 12.8 Å². The maximum absolute atomic E-state index is 9.81. The molecule has 5 aromatic carbocycles. The lowest BCUT2D eigenvalue weighted by molar-refractivity contribution is 0.475. The van der Waals surface area contributed by atoms with Gasteiger partial charge in [0.2, 0.25) is 0 Å². The van der Waals surface area contributed by atoms with Gasteiger partial charge in [0.25, 0.3) is 0 Å². The molecule has 1 aliphatic rings. The topological polar surface area (TPSA) is 20.2 Å². The van der Waals surface area contributed by atoms with Gasteiger partial charge >= 0.3 is 0 Å². The average Bonchev–Trinajstić information content (AvgIpc) is 3.20. The van der Waals surface area contributed by atoms with E-state index in [9.17, 15) is 5.11 Å². The minimum atomic E-state index is 0.300. The highest BCUT2D eigenvalue weighted by atomic mass is 16.3. The van der Waals surface area contributed by atoms with Crippen molar-refractivity contribution < 1.29 is 5.11 Å². The number of hydrogen-bond acceptors (Lipinski definition) is 1. The number of hydrogen-bond donors (Lipinski definition) is 1. The molecule has 5 aromatic rings. The third-order valence-corrected chi connectivity index (χ3v) is 6.93. The number of aromatic hydroxyl groups is 1. The fraction of sp³-hybridized carbons (Fsp3) is 0.0968. The van der Waals surface area contributed by atoms with Crippen molar-refractivity contribution in [1.29, 1.82) is 0 Å². The lowest BCUT2D eigenvalue weighted by Crippen LogP contribution is -2.01. The Kier molecular flexibility index (Phi) is 4.36. The van der Waals surface area contributed by atoms with Crippen LogP contribution in [0.1, 0.15) is 27.8 Å². The summed E-state index contributed by atoms with van der Waals surface area (Å²) in [5, 5.41) is 12.4. The summed E-state index contributed by atoms with van der Waals surface area (Å²) in [6.07, 6.45) is 1.90. The van der Waals surface area contributed by atoms with Gasteiger partial charge in [-0.25, -0.2) is 0 Å². The van der Waals surface area contributed by atoms with Crippen LogP contribution in [0, 0.1) is 6.92 Å². The molecule has 0 aliphatic heterocycles. The number of fused-ring (bicyclic) bond motifs is 4. The van der Waals surface area contributed by atoms with Crippen molar-refractivity contribution in [3.05, 3.63) is 125 Å². The highest BCUT2D eigenvalue weighted by molar-refractivity contribution is 5.88. The molecule has 0 radical (unpaired) electrons. The van der Waals surface area contributed by atoms with Crippen molar-refractivity contribution in [2.45, 2.75) is 19.8 Å². The summed E-state index contributed by atoms with van der Waals surface area (Å²) in [6.45, 7) is 2.26. The van der Waals surface area contributed by atoms with Gasteiger partial charge in [-0.2, -0.15) is 0 Å². The third-order valence-electron chi connectivity index (χ3n) is 6.93. The molecule has 0 unspecified atom stereocenters. The predicted octanol–water partition coefficient (Wildman–Crippen LogP) is 7.68. The third kappa shape index (κ3) is 3.01. The first kappa shape index (κ1) is 18.9. The van der Waals surface area contributed by atoms with Crippen molar-refractivity contribution in [1.82, 2.24) is 0 Å². The largest absolute Gasteiger partial charge is 0.508 e. The Labute approximate surface area is 188 Å². The van der Waals surface area contributed by atoms with E-state index in [0.29, 0.717) is 5.75 Å². The van der Waals surface area contributed by atoms with Crippen molar-refractivity contribution >= 4 is 10.8 Å². The van der Waals surface area contributed by atoms with Crippen LogP contribution >= 0.6 is 0 Å². The van der Waals surface area contributed by atoms with E-state index in [2.05, 4.69) is 79.7 Å². The number of rotatable bonds is 3. The molecule has 1 aliphatic carbocycles. The zero-order chi connectivity index (χ0) is 21.7. The van der Waals surface area contributed by atoms with E-state index in [1.165, 1.54) is 55.3 Å². The van der Waals surface area contributed by atoms with Gasteiger partial charge in [0, 0.05) is 0 Å². The Morgan fingerprint density at radius 2 is 1.47 bits per heavy atom. The molecule has 0 amide bonds. The van der Waals surface area contributed by atoms with Crippen molar-refractivity contribution in [3.63, 3.8) is 0 Å². The Morgan fingerprint density at radius 3 is 2.34 bits per heavy atom. The summed E-state index contributed by atoms with van der Waals surface area (Å²) in [7, 11) is 0. The molecule has 0 spiro atoms. The first-order chi connectivity index (χ1) is 15.7. The number of phenols is 1. The molecular formula is C31H24O. The minimum absolute atomic E-state index is 0.300. The fourth-order valence-corrected chi connectivity index (χ4v) is 5.28. The van der Waals surface area contributed by atoms with Crippen LogP contribution in [0.4, 0.5) is 0 Å². The Hall–Kier alpha value is -3.84. The fourth-order valence-electron chi connectivity index (χ4n) is 5.28. The van der Waals surface area contributed by atoms with Crippen molar-refractivity contribution in [2.24, 2.45) is 0 Å². The summed E-state index contributed by atoms with van der Waals surface area (Å²) in [5.41, 5.74) is 12.1. The average molecular weight is 413 g/mol. The van der Waals surface area contributed by atoms with Gasteiger partial charge < -0.3 is 5.11 Å². The van der Waals surface area contributed by atoms with Crippen LogP contribution < -0.4 is 0 Å². The van der Waals surface area contributed by atoms with Gasteiger partial charge in [-0.3, -0.25) is 0 Å². The monoisotopic (exact) mass is 412 g/mol. The van der Waals surface area contributed by atoms with Gasteiger partial charge in [0.05, 0.1) is 0 Å². The second-order valence-corrected chi connectivity index (χ2v) is 8.75. The molecule has 0 saturated heterocycles. The first-order valence-corrected chi connectivity index (χ1v) is 11.2. The van der Waals surface area contributed by atoms with Crippen molar-refractivity contribution in [3.8, 4) is 28.0 Å². The molecule has 1 nitrogen and oxygen atoms in total. The van der Waals surface area contributed by atoms with Crippen LogP contribution in [0.2, 0.25) is 0 Å². The van der Waals surface area contributed by atoms with E-state index in [-0.39, 0.29) is 0 Å². The summed E-state index contributed by atoms with van der Waals surface area (Å²) in [5.74, 6) is 0.300. The molecule has 6 rings (SSSR count). The second kappa shape index (κ2) is 7.39. The summed E-state index contributed by atoms with van der Waals surface area (Å²) in [4.78, 5) is 0. The molecule has 0 fully saturated rings. The summed E-state index contributed by atoms with van der Waals surface area (Å²) in [6, 6.07) is 34.0. The van der Waals surface area contributed by atoms with Gasteiger partial charge in [0.1, 0.15) is 5.75 Å². The molecule has 0 aromatic heterocycles. The Bertz CT molecular complexity index is 1470. The van der Waals surface area contributed by atoms with Crippen LogP contribution in [0.3, 0.4) is 0 Å². The zero-order valence-corrected chi connectivity index (χ0v) is 18.1. The summed E-state index contributed by atoms with van der Waals surface area (Å²) < 4.78 is 0. The highest BCUT2D eigenvalue weighted by Crippen LogP contribution is 2.44. The smallest absolute Gasteiger partial charge is 0.115 e. The molecule has 0 saturated carbocycles.